The van der Waals surface area contributed by atoms with Crippen molar-refractivity contribution in [3.8, 4) is 0 Å². The van der Waals surface area contributed by atoms with Crippen LogP contribution in [0.15, 0.2) is 12.5 Å². The van der Waals surface area contributed by atoms with Crippen LogP contribution in [0.25, 0.3) is 0 Å². The fraction of sp³-hybridized carbons (Fsp3) is 0.632. The van der Waals surface area contributed by atoms with Crippen LogP contribution in [0.2, 0.25) is 0 Å². The molecule has 0 fully saturated rings. The van der Waals surface area contributed by atoms with E-state index in [-0.39, 0.29) is 18.3 Å². The number of carboxylic acids is 1. The first kappa shape index (κ1) is 25.1. The monoisotopic (exact) mass is 424 g/mol. The van der Waals surface area contributed by atoms with Gasteiger partial charge in [-0.2, -0.15) is 0 Å². The molecule has 11 heteroatoms. The summed E-state index contributed by atoms with van der Waals surface area (Å²) in [4.78, 5) is 55.5. The highest BCUT2D eigenvalue weighted by atomic mass is 16.4. The number of nitrogens with zero attached hydrogens (tertiary/aromatic N) is 1. The summed E-state index contributed by atoms with van der Waals surface area (Å²) in [5, 5.41) is 16.9. The molecular formula is C19H32N6O5. The van der Waals surface area contributed by atoms with E-state index >= 15 is 0 Å². The van der Waals surface area contributed by atoms with Gasteiger partial charge in [0.15, 0.2) is 0 Å². The number of nitrogens with one attached hydrogen (secondary N) is 4. The molecule has 0 spiro atoms. The molecule has 30 heavy (non-hydrogen) atoms. The molecule has 0 aromatic carbocycles. The third kappa shape index (κ3) is 7.47. The predicted octanol–water partition coefficient (Wildman–Crippen LogP) is -0.850. The zero-order valence-corrected chi connectivity index (χ0v) is 17.9. The SMILES string of the molecule is CC(NC(=O)C(N)C(C)C)C(=O)NC(Cc1cnc[nH]1)C(=O)NC(C(=O)O)C(C)C. The Balaban J connectivity index is 2.89. The second-order valence-corrected chi connectivity index (χ2v) is 7.91. The van der Waals surface area contributed by atoms with Crippen LogP contribution < -0.4 is 21.7 Å². The lowest BCUT2D eigenvalue weighted by Gasteiger charge is -2.25. The van der Waals surface area contributed by atoms with Crippen LogP contribution >= 0.6 is 0 Å². The first-order valence-corrected chi connectivity index (χ1v) is 9.80. The Kier molecular flexibility index (Phi) is 9.44. The topological polar surface area (TPSA) is 179 Å². The van der Waals surface area contributed by atoms with Crippen molar-refractivity contribution in [3.63, 3.8) is 0 Å². The lowest BCUT2D eigenvalue weighted by Crippen LogP contribution is -2.57. The van der Waals surface area contributed by atoms with Gasteiger partial charge in [0.2, 0.25) is 17.7 Å². The molecule has 0 aliphatic rings. The number of rotatable bonds is 11. The molecule has 1 heterocycles. The van der Waals surface area contributed by atoms with Gasteiger partial charge in [0.25, 0.3) is 0 Å². The van der Waals surface area contributed by atoms with Crippen molar-refractivity contribution in [1.82, 2.24) is 25.9 Å². The molecule has 1 aromatic rings. The number of aliphatic carboxylic acids is 1. The largest absolute Gasteiger partial charge is 0.480 e. The average Bonchev–Trinajstić information content (AvgIpc) is 3.16. The zero-order chi connectivity index (χ0) is 23.0. The van der Waals surface area contributed by atoms with E-state index < -0.39 is 47.9 Å². The Labute approximate surface area is 175 Å². The summed E-state index contributed by atoms with van der Waals surface area (Å²) < 4.78 is 0. The molecular weight excluding hydrogens is 392 g/mol. The highest BCUT2D eigenvalue weighted by molar-refractivity contribution is 5.94. The third-order valence-electron chi connectivity index (χ3n) is 4.62. The molecule has 0 radical (unpaired) electrons. The number of hydrogen-bond donors (Lipinski definition) is 6. The summed E-state index contributed by atoms with van der Waals surface area (Å²) in [5.74, 6) is -3.37. The molecule has 0 aliphatic carbocycles. The fourth-order valence-electron chi connectivity index (χ4n) is 2.57. The van der Waals surface area contributed by atoms with E-state index in [4.69, 9.17) is 5.73 Å². The molecule has 4 atom stereocenters. The van der Waals surface area contributed by atoms with Gasteiger partial charge in [-0.05, 0) is 18.8 Å². The van der Waals surface area contributed by atoms with Gasteiger partial charge < -0.3 is 31.8 Å². The average molecular weight is 425 g/mol. The molecule has 168 valence electrons. The molecule has 0 bridgehead atoms. The summed E-state index contributed by atoms with van der Waals surface area (Å²) in [6, 6.07) is -3.90. The number of nitrogens with two attached hydrogens (primary N) is 1. The van der Waals surface area contributed by atoms with E-state index in [1.807, 2.05) is 0 Å². The maximum atomic E-state index is 12.7. The van der Waals surface area contributed by atoms with Gasteiger partial charge in [-0.1, -0.05) is 27.7 Å². The number of carbonyl (C=O) groups is 4. The Morgan fingerprint density at radius 1 is 1.00 bits per heavy atom. The first-order chi connectivity index (χ1) is 13.9. The molecule has 7 N–H and O–H groups in total. The minimum absolute atomic E-state index is 0.0637. The Morgan fingerprint density at radius 2 is 1.63 bits per heavy atom. The van der Waals surface area contributed by atoms with E-state index in [2.05, 4.69) is 25.9 Å². The van der Waals surface area contributed by atoms with Gasteiger partial charge in [-0.3, -0.25) is 14.4 Å². The van der Waals surface area contributed by atoms with Gasteiger partial charge in [0.05, 0.1) is 12.4 Å². The lowest BCUT2D eigenvalue weighted by atomic mass is 10.0. The van der Waals surface area contributed by atoms with Crippen molar-refractivity contribution in [2.75, 3.05) is 0 Å². The number of amides is 3. The van der Waals surface area contributed by atoms with Gasteiger partial charge in [-0.15, -0.1) is 0 Å². The number of aromatic nitrogens is 2. The summed E-state index contributed by atoms with van der Waals surface area (Å²) in [6.07, 6.45) is 2.99. The highest BCUT2D eigenvalue weighted by Gasteiger charge is 2.30. The van der Waals surface area contributed by atoms with Crippen LogP contribution in [0.5, 0.6) is 0 Å². The van der Waals surface area contributed by atoms with E-state index in [9.17, 15) is 24.3 Å². The standard InChI is InChI=1S/C19H32N6O5/c1-9(2)14(20)18(28)23-11(5)16(26)24-13(6-12-7-21-8-22-12)17(27)25-15(10(3)4)19(29)30/h7-11,13-15H,6,20H2,1-5H3,(H,21,22)(H,23,28)(H,24,26)(H,25,27)(H,29,30). The quantitative estimate of drug-likeness (QED) is 0.268. The molecule has 0 saturated carbocycles. The van der Waals surface area contributed by atoms with E-state index in [0.29, 0.717) is 5.69 Å². The number of carboxylic acid groups (broad SMARTS) is 1. The normalized spacial score (nSPS) is 15.2. The van der Waals surface area contributed by atoms with Crippen molar-refractivity contribution in [2.24, 2.45) is 17.6 Å². The van der Waals surface area contributed by atoms with Crippen LogP contribution in [0, 0.1) is 11.8 Å². The van der Waals surface area contributed by atoms with Crippen molar-refractivity contribution in [1.29, 1.82) is 0 Å². The molecule has 4 unspecified atom stereocenters. The molecule has 0 saturated heterocycles. The number of H-pyrrole nitrogens is 1. The molecule has 1 rings (SSSR count). The minimum Gasteiger partial charge on any atom is -0.480 e. The number of aromatic amines is 1. The van der Waals surface area contributed by atoms with Gasteiger partial charge in [-0.25, -0.2) is 9.78 Å². The third-order valence-corrected chi connectivity index (χ3v) is 4.62. The van der Waals surface area contributed by atoms with Crippen molar-refractivity contribution in [3.05, 3.63) is 18.2 Å². The second-order valence-electron chi connectivity index (χ2n) is 7.91. The van der Waals surface area contributed by atoms with E-state index in [1.165, 1.54) is 19.4 Å². The Hall–Kier alpha value is -2.95. The number of hydrogen-bond acceptors (Lipinski definition) is 6. The first-order valence-electron chi connectivity index (χ1n) is 9.80. The van der Waals surface area contributed by atoms with Crippen LogP contribution in [-0.2, 0) is 25.6 Å². The van der Waals surface area contributed by atoms with Crippen molar-refractivity contribution < 1.29 is 24.3 Å². The number of carbonyl (C=O) groups excluding carboxylic acids is 3. The van der Waals surface area contributed by atoms with Crippen LogP contribution in [0.4, 0.5) is 0 Å². The maximum absolute atomic E-state index is 12.7. The Morgan fingerprint density at radius 3 is 2.10 bits per heavy atom. The van der Waals surface area contributed by atoms with E-state index in [1.54, 1.807) is 27.7 Å². The van der Waals surface area contributed by atoms with Gasteiger partial charge >= 0.3 is 5.97 Å². The summed E-state index contributed by atoms with van der Waals surface area (Å²) in [5.41, 5.74) is 6.36. The fourth-order valence-corrected chi connectivity index (χ4v) is 2.57. The smallest absolute Gasteiger partial charge is 0.326 e. The maximum Gasteiger partial charge on any atom is 0.326 e. The molecule has 0 aliphatic heterocycles. The summed E-state index contributed by atoms with van der Waals surface area (Å²) in [7, 11) is 0. The zero-order valence-electron chi connectivity index (χ0n) is 17.9. The Bertz CT molecular complexity index is 734. The van der Waals surface area contributed by atoms with Crippen LogP contribution in [0.1, 0.15) is 40.3 Å². The van der Waals surface area contributed by atoms with Crippen molar-refractivity contribution in [2.45, 2.75) is 65.2 Å². The molecule has 1 aromatic heterocycles. The minimum atomic E-state index is -1.17. The summed E-state index contributed by atoms with van der Waals surface area (Å²) in [6.45, 7) is 8.37. The van der Waals surface area contributed by atoms with Crippen molar-refractivity contribution >= 4 is 23.7 Å². The van der Waals surface area contributed by atoms with Gasteiger partial charge in [0.1, 0.15) is 18.1 Å². The molecule has 11 nitrogen and oxygen atoms in total. The summed E-state index contributed by atoms with van der Waals surface area (Å²) >= 11 is 0. The number of imidazole rings is 1. The predicted molar refractivity (Wildman–Crippen MR) is 109 cm³/mol. The second kappa shape index (κ2) is 11.3. The van der Waals surface area contributed by atoms with Crippen LogP contribution in [-0.4, -0.2) is 62.9 Å². The van der Waals surface area contributed by atoms with E-state index in [0.717, 1.165) is 0 Å². The van der Waals surface area contributed by atoms with Crippen LogP contribution in [0.3, 0.4) is 0 Å². The van der Waals surface area contributed by atoms with Gasteiger partial charge in [0, 0.05) is 18.3 Å². The lowest BCUT2D eigenvalue weighted by molar-refractivity contribution is -0.143. The molecule has 3 amide bonds. The highest BCUT2D eigenvalue weighted by Crippen LogP contribution is 2.05.